The van der Waals surface area contributed by atoms with Gasteiger partial charge in [0, 0.05) is 13.2 Å². The van der Waals surface area contributed by atoms with E-state index in [4.69, 9.17) is 4.74 Å². The highest BCUT2D eigenvalue weighted by molar-refractivity contribution is 5.84. The Balaban J connectivity index is 2.43. The van der Waals surface area contributed by atoms with E-state index in [1.54, 1.807) is 21.0 Å². The Hall–Kier alpha value is -0.570. The smallest absolute Gasteiger partial charge is 0.251 e. The second kappa shape index (κ2) is 4.97. The highest BCUT2D eigenvalue weighted by Gasteiger charge is 2.30. The molecule has 1 fully saturated rings. The van der Waals surface area contributed by atoms with Crippen molar-refractivity contribution in [2.75, 3.05) is 7.11 Å². The summed E-state index contributed by atoms with van der Waals surface area (Å²) in [5, 5.41) is 3.05. The molecule has 15 heavy (non-hydrogen) atoms. The maximum absolute atomic E-state index is 11.8. The van der Waals surface area contributed by atoms with Gasteiger partial charge in [-0.05, 0) is 39.5 Å². The van der Waals surface area contributed by atoms with Crippen LogP contribution in [0.3, 0.4) is 0 Å². The second-order valence-electron chi connectivity index (χ2n) is 5.02. The summed E-state index contributed by atoms with van der Waals surface area (Å²) in [4.78, 5) is 11.8. The lowest BCUT2D eigenvalue weighted by Gasteiger charge is -2.27. The summed E-state index contributed by atoms with van der Waals surface area (Å²) in [6.07, 6.45) is 5.10. The average molecular weight is 213 g/mol. The van der Waals surface area contributed by atoms with Crippen LogP contribution in [0.25, 0.3) is 0 Å². The van der Waals surface area contributed by atoms with E-state index in [1.807, 2.05) is 0 Å². The van der Waals surface area contributed by atoms with Gasteiger partial charge in [0.25, 0.3) is 5.91 Å². The van der Waals surface area contributed by atoms with E-state index in [0.717, 1.165) is 0 Å². The maximum atomic E-state index is 11.8. The largest absolute Gasteiger partial charge is 0.369 e. The quantitative estimate of drug-likeness (QED) is 0.776. The number of hydrogen-bond donors (Lipinski definition) is 1. The third-order valence-electron chi connectivity index (χ3n) is 3.52. The molecule has 1 aliphatic rings. The van der Waals surface area contributed by atoms with Gasteiger partial charge in [0.1, 0.15) is 5.60 Å². The molecule has 0 unspecified atom stereocenters. The molecule has 1 N–H and O–H groups in total. The monoisotopic (exact) mass is 213 g/mol. The first-order valence-corrected chi connectivity index (χ1v) is 5.83. The van der Waals surface area contributed by atoms with Crippen molar-refractivity contribution < 1.29 is 9.53 Å². The molecule has 0 bridgehead atoms. The van der Waals surface area contributed by atoms with Crippen molar-refractivity contribution in [1.82, 2.24) is 5.32 Å². The van der Waals surface area contributed by atoms with Gasteiger partial charge in [-0.1, -0.05) is 12.8 Å². The minimum atomic E-state index is -0.715. The van der Waals surface area contributed by atoms with E-state index in [-0.39, 0.29) is 11.9 Å². The molecule has 1 saturated carbocycles. The highest BCUT2D eigenvalue weighted by atomic mass is 16.5. The van der Waals surface area contributed by atoms with Crippen molar-refractivity contribution in [3.63, 3.8) is 0 Å². The van der Waals surface area contributed by atoms with Crippen LogP contribution in [0.2, 0.25) is 0 Å². The summed E-state index contributed by atoms with van der Waals surface area (Å²) in [5.41, 5.74) is -0.715. The van der Waals surface area contributed by atoms with Gasteiger partial charge >= 0.3 is 0 Å². The van der Waals surface area contributed by atoms with Gasteiger partial charge in [-0.3, -0.25) is 4.79 Å². The van der Waals surface area contributed by atoms with E-state index in [1.165, 1.54) is 25.7 Å². The first-order chi connectivity index (χ1) is 6.97. The number of rotatable bonds is 4. The van der Waals surface area contributed by atoms with Crippen LogP contribution < -0.4 is 5.32 Å². The summed E-state index contributed by atoms with van der Waals surface area (Å²) < 4.78 is 5.15. The van der Waals surface area contributed by atoms with Crippen LogP contribution in [-0.4, -0.2) is 24.7 Å². The molecular formula is C12H23NO2. The Bertz CT molecular complexity index is 220. The van der Waals surface area contributed by atoms with Crippen LogP contribution in [0.15, 0.2) is 0 Å². The standard InChI is InChI=1S/C12H23NO2/c1-9(10-7-5-6-8-10)13-11(14)12(2,3)15-4/h9-10H,5-8H2,1-4H3,(H,13,14)/t9-/m1/s1. The van der Waals surface area contributed by atoms with Crippen LogP contribution in [0, 0.1) is 5.92 Å². The Morgan fingerprint density at radius 2 is 1.93 bits per heavy atom. The fourth-order valence-corrected chi connectivity index (χ4v) is 2.05. The van der Waals surface area contributed by atoms with Gasteiger partial charge in [-0.25, -0.2) is 0 Å². The zero-order valence-electron chi connectivity index (χ0n) is 10.3. The molecule has 0 spiro atoms. The Kier molecular flexibility index (Phi) is 4.14. The summed E-state index contributed by atoms with van der Waals surface area (Å²) in [5.74, 6) is 0.644. The summed E-state index contributed by atoms with van der Waals surface area (Å²) in [6.45, 7) is 5.69. The highest BCUT2D eigenvalue weighted by Crippen LogP contribution is 2.27. The Labute approximate surface area is 92.6 Å². The van der Waals surface area contributed by atoms with Crippen molar-refractivity contribution in [1.29, 1.82) is 0 Å². The molecule has 1 aliphatic carbocycles. The molecule has 88 valence electrons. The van der Waals surface area contributed by atoms with Gasteiger partial charge in [0.15, 0.2) is 0 Å². The number of carbonyl (C=O) groups excluding carboxylic acids is 1. The lowest BCUT2D eigenvalue weighted by molar-refractivity contribution is -0.140. The first-order valence-electron chi connectivity index (χ1n) is 5.83. The Morgan fingerprint density at radius 1 is 1.40 bits per heavy atom. The van der Waals surface area contributed by atoms with E-state index < -0.39 is 5.60 Å². The fourth-order valence-electron chi connectivity index (χ4n) is 2.05. The van der Waals surface area contributed by atoms with E-state index >= 15 is 0 Å². The van der Waals surface area contributed by atoms with Gasteiger partial charge in [0.05, 0.1) is 0 Å². The van der Waals surface area contributed by atoms with Crippen molar-refractivity contribution in [2.24, 2.45) is 5.92 Å². The second-order valence-corrected chi connectivity index (χ2v) is 5.02. The van der Waals surface area contributed by atoms with Crippen molar-refractivity contribution in [3.8, 4) is 0 Å². The summed E-state index contributed by atoms with van der Waals surface area (Å²) in [7, 11) is 1.57. The SMILES string of the molecule is COC(C)(C)C(=O)N[C@H](C)C1CCCC1. The topological polar surface area (TPSA) is 38.3 Å². The van der Waals surface area contributed by atoms with Gasteiger partial charge < -0.3 is 10.1 Å². The number of methoxy groups -OCH3 is 1. The zero-order chi connectivity index (χ0) is 11.5. The number of amides is 1. The Morgan fingerprint density at radius 3 is 2.40 bits per heavy atom. The summed E-state index contributed by atoms with van der Waals surface area (Å²) in [6, 6.07) is 0.273. The molecule has 0 aromatic carbocycles. The fraction of sp³-hybridized carbons (Fsp3) is 0.917. The molecule has 0 aromatic heterocycles. The predicted molar refractivity (Wildman–Crippen MR) is 60.7 cm³/mol. The number of ether oxygens (including phenoxy) is 1. The van der Waals surface area contributed by atoms with Crippen LogP contribution in [0.4, 0.5) is 0 Å². The molecule has 1 amide bonds. The van der Waals surface area contributed by atoms with Gasteiger partial charge in [-0.15, -0.1) is 0 Å². The molecule has 3 nitrogen and oxygen atoms in total. The molecule has 1 rings (SSSR count). The van der Waals surface area contributed by atoms with E-state index in [0.29, 0.717) is 5.92 Å². The lowest BCUT2D eigenvalue weighted by atomic mass is 9.98. The molecule has 0 heterocycles. The zero-order valence-corrected chi connectivity index (χ0v) is 10.3. The third kappa shape index (κ3) is 3.20. The predicted octanol–water partition coefficient (Wildman–Crippen LogP) is 2.11. The number of nitrogens with one attached hydrogen (secondary N) is 1. The normalized spacial score (nSPS) is 20.3. The van der Waals surface area contributed by atoms with Crippen molar-refractivity contribution in [2.45, 2.75) is 58.1 Å². The molecule has 1 atom stereocenters. The van der Waals surface area contributed by atoms with E-state index in [9.17, 15) is 4.79 Å². The third-order valence-corrected chi connectivity index (χ3v) is 3.52. The average Bonchev–Trinajstić information content (AvgIpc) is 2.70. The minimum Gasteiger partial charge on any atom is -0.369 e. The van der Waals surface area contributed by atoms with Crippen LogP contribution >= 0.6 is 0 Å². The van der Waals surface area contributed by atoms with Crippen molar-refractivity contribution >= 4 is 5.91 Å². The van der Waals surface area contributed by atoms with Crippen LogP contribution in [-0.2, 0) is 9.53 Å². The molecule has 0 aliphatic heterocycles. The molecule has 0 saturated heterocycles. The molecule has 0 aromatic rings. The van der Waals surface area contributed by atoms with Crippen LogP contribution in [0.5, 0.6) is 0 Å². The molecule has 0 radical (unpaired) electrons. The number of carbonyl (C=O) groups is 1. The van der Waals surface area contributed by atoms with Gasteiger partial charge in [-0.2, -0.15) is 0 Å². The first kappa shape index (κ1) is 12.5. The maximum Gasteiger partial charge on any atom is 0.251 e. The van der Waals surface area contributed by atoms with Gasteiger partial charge in [0.2, 0.25) is 0 Å². The van der Waals surface area contributed by atoms with E-state index in [2.05, 4.69) is 12.2 Å². The molecule has 3 heteroatoms. The summed E-state index contributed by atoms with van der Waals surface area (Å²) >= 11 is 0. The van der Waals surface area contributed by atoms with Crippen LogP contribution in [0.1, 0.15) is 46.5 Å². The molecular weight excluding hydrogens is 190 g/mol. The lowest BCUT2D eigenvalue weighted by Crippen LogP contribution is -2.48. The number of hydrogen-bond acceptors (Lipinski definition) is 2. The van der Waals surface area contributed by atoms with Crippen molar-refractivity contribution in [3.05, 3.63) is 0 Å². The minimum absolute atomic E-state index is 0.00981.